The molecule has 2 aromatic rings. The molecule has 2 aromatic carbocycles. The van der Waals surface area contributed by atoms with E-state index in [1.165, 1.54) is 6.08 Å². The third kappa shape index (κ3) is 2.61. The van der Waals surface area contributed by atoms with Crippen LogP contribution in [-0.4, -0.2) is 24.6 Å². The average Bonchev–Trinajstić information content (AvgIpc) is 3.07. The van der Waals surface area contributed by atoms with Crippen molar-refractivity contribution in [2.75, 3.05) is 11.7 Å². The second kappa shape index (κ2) is 5.79. The number of benzene rings is 2. The largest absolute Gasteiger partial charge is 0.454 e. The molecule has 4 rings (SSSR count). The van der Waals surface area contributed by atoms with E-state index < -0.39 is 17.8 Å². The first-order valence-electron chi connectivity index (χ1n) is 7.49. The number of fused-ring (bicyclic) bond motifs is 1. The minimum Gasteiger partial charge on any atom is -0.454 e. The number of carbonyl (C=O) groups excluding carboxylic acids is 3. The zero-order chi connectivity index (χ0) is 17.4. The highest BCUT2D eigenvalue weighted by atomic mass is 16.7. The summed E-state index contributed by atoms with van der Waals surface area (Å²) >= 11 is 0. The van der Waals surface area contributed by atoms with Crippen LogP contribution >= 0.6 is 0 Å². The Kier molecular flexibility index (Phi) is 3.46. The number of rotatable bonds is 2. The molecule has 2 aliphatic rings. The second-order valence-corrected chi connectivity index (χ2v) is 5.41. The first kappa shape index (κ1) is 14.9. The molecule has 1 fully saturated rings. The van der Waals surface area contributed by atoms with Gasteiger partial charge in [0.2, 0.25) is 6.79 Å². The Balaban J connectivity index is 1.72. The molecule has 0 atom stereocenters. The smallest absolute Gasteiger partial charge is 0.335 e. The van der Waals surface area contributed by atoms with Gasteiger partial charge in [-0.05, 0) is 35.9 Å². The van der Waals surface area contributed by atoms with Gasteiger partial charge in [0, 0.05) is 0 Å². The lowest BCUT2D eigenvalue weighted by atomic mass is 10.1. The topological polar surface area (TPSA) is 84.9 Å². The monoisotopic (exact) mass is 336 g/mol. The molecule has 4 amide bonds. The summed E-state index contributed by atoms with van der Waals surface area (Å²) in [7, 11) is 0. The molecule has 0 aliphatic carbocycles. The number of hydrogen-bond acceptors (Lipinski definition) is 5. The summed E-state index contributed by atoms with van der Waals surface area (Å²) in [5.41, 5.74) is 0.835. The molecule has 7 nitrogen and oxygen atoms in total. The van der Waals surface area contributed by atoms with E-state index in [2.05, 4.69) is 5.32 Å². The number of barbiturate groups is 1. The number of para-hydroxylation sites is 1. The highest BCUT2D eigenvalue weighted by Crippen LogP contribution is 2.33. The molecule has 0 saturated carbocycles. The number of ether oxygens (including phenoxy) is 2. The average molecular weight is 336 g/mol. The minimum absolute atomic E-state index is 0.130. The lowest BCUT2D eigenvalue weighted by Gasteiger charge is -2.26. The zero-order valence-corrected chi connectivity index (χ0v) is 12.9. The Morgan fingerprint density at radius 2 is 1.72 bits per heavy atom. The van der Waals surface area contributed by atoms with Crippen molar-refractivity contribution in [3.63, 3.8) is 0 Å². The van der Waals surface area contributed by atoms with Gasteiger partial charge in [-0.2, -0.15) is 0 Å². The summed E-state index contributed by atoms with van der Waals surface area (Å²) in [4.78, 5) is 37.8. The van der Waals surface area contributed by atoms with Crippen LogP contribution in [0.5, 0.6) is 11.5 Å². The number of amides is 4. The number of nitrogens with zero attached hydrogens (tertiary/aromatic N) is 1. The van der Waals surface area contributed by atoms with Crippen molar-refractivity contribution >= 4 is 29.6 Å². The number of anilines is 1. The molecular weight excluding hydrogens is 324 g/mol. The van der Waals surface area contributed by atoms with E-state index in [0.717, 1.165) is 4.90 Å². The number of nitrogens with one attached hydrogen (secondary N) is 1. The number of urea groups is 1. The highest BCUT2D eigenvalue weighted by Gasteiger charge is 2.36. The van der Waals surface area contributed by atoms with Gasteiger partial charge in [-0.15, -0.1) is 0 Å². The van der Waals surface area contributed by atoms with Crippen molar-refractivity contribution in [2.45, 2.75) is 0 Å². The molecule has 124 valence electrons. The van der Waals surface area contributed by atoms with Gasteiger partial charge >= 0.3 is 6.03 Å². The number of imide groups is 2. The maximum atomic E-state index is 12.7. The van der Waals surface area contributed by atoms with Crippen molar-refractivity contribution in [2.24, 2.45) is 0 Å². The van der Waals surface area contributed by atoms with Gasteiger partial charge < -0.3 is 9.47 Å². The molecule has 0 bridgehead atoms. The Bertz CT molecular complexity index is 920. The summed E-state index contributed by atoms with van der Waals surface area (Å²) in [6, 6.07) is 12.7. The van der Waals surface area contributed by atoms with Gasteiger partial charge in [-0.3, -0.25) is 14.9 Å². The van der Waals surface area contributed by atoms with Gasteiger partial charge in [0.05, 0.1) is 5.69 Å². The molecule has 0 aromatic heterocycles. The van der Waals surface area contributed by atoms with Crippen LogP contribution in [0.4, 0.5) is 10.5 Å². The molecule has 1 N–H and O–H groups in total. The molecule has 25 heavy (non-hydrogen) atoms. The van der Waals surface area contributed by atoms with Crippen LogP contribution < -0.4 is 19.7 Å². The van der Waals surface area contributed by atoms with Crippen LogP contribution in [0.1, 0.15) is 5.56 Å². The highest BCUT2D eigenvalue weighted by molar-refractivity contribution is 6.39. The van der Waals surface area contributed by atoms with E-state index in [4.69, 9.17) is 9.47 Å². The Labute approximate surface area is 142 Å². The zero-order valence-electron chi connectivity index (χ0n) is 12.9. The molecule has 2 aliphatic heterocycles. The third-order valence-electron chi connectivity index (χ3n) is 3.82. The van der Waals surface area contributed by atoms with Gasteiger partial charge in [0.25, 0.3) is 11.8 Å². The summed E-state index contributed by atoms with van der Waals surface area (Å²) in [5.74, 6) is -0.283. The fourth-order valence-electron chi connectivity index (χ4n) is 2.64. The van der Waals surface area contributed by atoms with Crippen LogP contribution in [0.2, 0.25) is 0 Å². The fourth-order valence-corrected chi connectivity index (χ4v) is 2.64. The van der Waals surface area contributed by atoms with Crippen molar-refractivity contribution in [1.29, 1.82) is 0 Å². The van der Waals surface area contributed by atoms with E-state index in [1.54, 1.807) is 48.5 Å². The maximum Gasteiger partial charge on any atom is 0.335 e. The van der Waals surface area contributed by atoms with Crippen LogP contribution in [0.15, 0.2) is 54.1 Å². The summed E-state index contributed by atoms with van der Waals surface area (Å²) in [5, 5.41) is 2.18. The predicted molar refractivity (Wildman–Crippen MR) is 88.0 cm³/mol. The lowest BCUT2D eigenvalue weighted by molar-refractivity contribution is -0.122. The minimum atomic E-state index is -0.774. The molecule has 0 radical (unpaired) electrons. The quantitative estimate of drug-likeness (QED) is 0.670. The standard InChI is InChI=1S/C18H12N2O5/c21-16-13(8-11-6-7-14-15(9-11)25-10-24-14)17(22)20(18(23)19-16)12-4-2-1-3-5-12/h1-9H,10H2,(H,19,21,23)/b13-8+. The maximum absolute atomic E-state index is 12.7. The molecule has 2 heterocycles. The van der Waals surface area contributed by atoms with Gasteiger partial charge in [-0.25, -0.2) is 9.69 Å². The van der Waals surface area contributed by atoms with Crippen molar-refractivity contribution in [3.8, 4) is 11.5 Å². The van der Waals surface area contributed by atoms with Crippen molar-refractivity contribution in [3.05, 3.63) is 59.7 Å². The third-order valence-corrected chi connectivity index (χ3v) is 3.82. The fraction of sp³-hybridized carbons (Fsp3) is 0.0556. The van der Waals surface area contributed by atoms with Crippen molar-refractivity contribution < 1.29 is 23.9 Å². The molecule has 7 heteroatoms. The molecule has 1 saturated heterocycles. The Morgan fingerprint density at radius 3 is 2.52 bits per heavy atom. The summed E-state index contributed by atoms with van der Waals surface area (Å²) < 4.78 is 10.5. The van der Waals surface area contributed by atoms with Crippen LogP contribution in [0.3, 0.4) is 0 Å². The molecular formula is C18H12N2O5. The SMILES string of the molecule is O=C1NC(=O)N(c2ccccc2)C(=O)/C1=C/c1ccc2c(c1)OCO2. The van der Waals surface area contributed by atoms with Gasteiger partial charge in [-0.1, -0.05) is 24.3 Å². The predicted octanol–water partition coefficient (Wildman–Crippen LogP) is 2.08. The van der Waals surface area contributed by atoms with E-state index in [-0.39, 0.29) is 12.4 Å². The van der Waals surface area contributed by atoms with E-state index in [0.29, 0.717) is 22.7 Å². The van der Waals surface area contributed by atoms with Crippen LogP contribution in [0.25, 0.3) is 6.08 Å². The Hall–Kier alpha value is -3.61. The molecule has 0 spiro atoms. The van der Waals surface area contributed by atoms with Crippen LogP contribution in [-0.2, 0) is 9.59 Å². The van der Waals surface area contributed by atoms with Crippen molar-refractivity contribution in [1.82, 2.24) is 5.32 Å². The first-order valence-corrected chi connectivity index (χ1v) is 7.49. The van der Waals surface area contributed by atoms with E-state index in [9.17, 15) is 14.4 Å². The van der Waals surface area contributed by atoms with E-state index >= 15 is 0 Å². The lowest BCUT2D eigenvalue weighted by Crippen LogP contribution is -2.54. The number of hydrogen-bond donors (Lipinski definition) is 1. The Morgan fingerprint density at radius 1 is 0.960 bits per heavy atom. The summed E-state index contributed by atoms with van der Waals surface area (Å²) in [6.07, 6.45) is 1.42. The second-order valence-electron chi connectivity index (χ2n) is 5.41. The molecule has 0 unspecified atom stereocenters. The number of carbonyl (C=O) groups is 3. The normalized spacial score (nSPS) is 17.8. The van der Waals surface area contributed by atoms with E-state index in [1.807, 2.05) is 0 Å². The van der Waals surface area contributed by atoms with Gasteiger partial charge in [0.1, 0.15) is 5.57 Å². The van der Waals surface area contributed by atoms with Gasteiger partial charge in [0.15, 0.2) is 11.5 Å². The van der Waals surface area contributed by atoms with Crippen LogP contribution in [0, 0.1) is 0 Å². The first-order chi connectivity index (χ1) is 12.1. The summed E-state index contributed by atoms with van der Waals surface area (Å²) in [6.45, 7) is 0.130.